The van der Waals surface area contributed by atoms with Gasteiger partial charge in [-0.25, -0.2) is 4.39 Å². The molecular weight excluding hydrogens is 365 g/mol. The van der Waals surface area contributed by atoms with E-state index in [9.17, 15) is 4.39 Å². The summed E-state index contributed by atoms with van der Waals surface area (Å²) in [4.78, 5) is 4.21. The normalized spacial score (nSPS) is 10.7. The SMILES string of the molecule is [18F]CCOc1ccccc1CNc1ncnn1-c1cccc(Cl)c1Cl. The fourth-order valence-corrected chi connectivity index (χ4v) is 2.68. The van der Waals surface area contributed by atoms with Crippen molar-refractivity contribution in [3.05, 3.63) is 64.4 Å². The van der Waals surface area contributed by atoms with Gasteiger partial charge >= 0.3 is 0 Å². The average molecular weight is 380 g/mol. The first-order chi connectivity index (χ1) is 12.2. The topological polar surface area (TPSA) is 52.0 Å². The molecule has 2 aromatic carbocycles. The molecule has 0 amide bonds. The number of para-hydroxylation sites is 1. The van der Waals surface area contributed by atoms with Crippen LogP contribution in [0.1, 0.15) is 5.56 Å². The zero-order chi connectivity index (χ0) is 17.6. The Balaban J connectivity index is 1.80. The van der Waals surface area contributed by atoms with Gasteiger partial charge in [-0.2, -0.15) is 14.8 Å². The fraction of sp³-hybridized carbons (Fsp3) is 0.176. The molecule has 1 heterocycles. The number of anilines is 1. The zero-order valence-electron chi connectivity index (χ0n) is 13.1. The van der Waals surface area contributed by atoms with Crippen LogP contribution < -0.4 is 10.1 Å². The van der Waals surface area contributed by atoms with Crippen LogP contribution >= 0.6 is 23.2 Å². The number of ether oxygens (including phenoxy) is 1. The number of halogens is 3. The van der Waals surface area contributed by atoms with Crippen LogP contribution in [0.3, 0.4) is 0 Å². The van der Waals surface area contributed by atoms with E-state index in [1.165, 1.54) is 6.33 Å². The Morgan fingerprint density at radius 1 is 1.12 bits per heavy atom. The Morgan fingerprint density at radius 2 is 1.96 bits per heavy atom. The maximum Gasteiger partial charge on any atom is 0.226 e. The van der Waals surface area contributed by atoms with Crippen LogP contribution in [0.5, 0.6) is 5.75 Å². The van der Waals surface area contributed by atoms with Crippen molar-refractivity contribution >= 4 is 29.2 Å². The summed E-state index contributed by atoms with van der Waals surface area (Å²) in [6, 6.07) is 12.7. The predicted molar refractivity (Wildman–Crippen MR) is 96.6 cm³/mol. The lowest BCUT2D eigenvalue weighted by Gasteiger charge is -2.13. The van der Waals surface area contributed by atoms with Gasteiger partial charge in [0.15, 0.2) is 0 Å². The molecule has 5 nitrogen and oxygen atoms in total. The molecule has 1 aromatic heterocycles. The quantitative estimate of drug-likeness (QED) is 0.654. The lowest BCUT2D eigenvalue weighted by molar-refractivity contribution is 0.271. The van der Waals surface area contributed by atoms with Crippen LogP contribution in [0, 0.1) is 0 Å². The Labute approximate surface area is 154 Å². The monoisotopic (exact) mass is 379 g/mol. The highest BCUT2D eigenvalue weighted by Crippen LogP contribution is 2.29. The second-order valence-electron chi connectivity index (χ2n) is 5.07. The Bertz CT molecular complexity index is 856. The fourth-order valence-electron chi connectivity index (χ4n) is 2.31. The van der Waals surface area contributed by atoms with Crippen molar-refractivity contribution < 1.29 is 9.13 Å². The summed E-state index contributed by atoms with van der Waals surface area (Å²) in [6.07, 6.45) is 1.42. The van der Waals surface area contributed by atoms with E-state index in [4.69, 9.17) is 27.9 Å². The molecule has 0 fully saturated rings. The maximum atomic E-state index is 12.3. The zero-order valence-corrected chi connectivity index (χ0v) is 14.6. The third-order valence-electron chi connectivity index (χ3n) is 3.45. The standard InChI is InChI=1S/C17H15Cl2FN4O/c18-13-5-3-6-14(16(13)19)24-17(22-11-23-24)21-10-12-4-1-2-7-15(12)25-9-8-20/h1-7,11H,8-10H2,(H,21,22,23)/i20-1. The highest BCUT2D eigenvalue weighted by atomic mass is 35.5. The Hall–Kier alpha value is -2.31. The predicted octanol–water partition coefficient (Wildman–Crippen LogP) is 4.53. The summed E-state index contributed by atoms with van der Waals surface area (Å²) in [6.45, 7) is -0.0893. The maximum absolute atomic E-state index is 12.3. The lowest BCUT2D eigenvalue weighted by atomic mass is 10.2. The average Bonchev–Trinajstić information content (AvgIpc) is 3.09. The van der Waals surface area contributed by atoms with Crippen molar-refractivity contribution in [1.29, 1.82) is 0 Å². The van der Waals surface area contributed by atoms with Crippen molar-refractivity contribution in [1.82, 2.24) is 14.8 Å². The Morgan fingerprint density at radius 3 is 2.80 bits per heavy atom. The largest absolute Gasteiger partial charge is 0.491 e. The molecule has 25 heavy (non-hydrogen) atoms. The van der Waals surface area contributed by atoms with Crippen LogP contribution in [0.15, 0.2) is 48.8 Å². The van der Waals surface area contributed by atoms with Gasteiger partial charge in [0.2, 0.25) is 5.95 Å². The molecule has 0 aliphatic carbocycles. The van der Waals surface area contributed by atoms with E-state index < -0.39 is 6.67 Å². The van der Waals surface area contributed by atoms with Crippen LogP contribution in [-0.2, 0) is 6.54 Å². The molecule has 0 aliphatic rings. The first-order valence-electron chi connectivity index (χ1n) is 7.55. The number of alkyl halides is 1. The van der Waals surface area contributed by atoms with E-state index in [0.717, 1.165) is 5.56 Å². The minimum absolute atomic E-state index is 0.0192. The van der Waals surface area contributed by atoms with E-state index in [-0.39, 0.29) is 6.61 Å². The number of rotatable bonds is 7. The number of nitrogens with zero attached hydrogens (tertiary/aromatic N) is 3. The van der Waals surface area contributed by atoms with Gasteiger partial charge in [0.05, 0.1) is 15.7 Å². The molecule has 0 unspecified atom stereocenters. The minimum atomic E-state index is -0.538. The number of hydrogen-bond acceptors (Lipinski definition) is 4. The van der Waals surface area contributed by atoms with Crippen molar-refractivity contribution in [2.45, 2.75) is 6.54 Å². The third-order valence-corrected chi connectivity index (χ3v) is 4.26. The molecule has 130 valence electrons. The van der Waals surface area contributed by atoms with Crippen molar-refractivity contribution in [2.24, 2.45) is 0 Å². The Kier molecular flexibility index (Phi) is 5.73. The molecule has 3 aromatic rings. The third kappa shape index (κ3) is 4.03. The van der Waals surface area contributed by atoms with E-state index in [1.807, 2.05) is 18.2 Å². The van der Waals surface area contributed by atoms with Crippen LogP contribution in [-0.4, -0.2) is 28.0 Å². The molecule has 0 atom stereocenters. The molecule has 0 saturated carbocycles. The van der Waals surface area contributed by atoms with E-state index in [0.29, 0.717) is 34.0 Å². The molecule has 8 heteroatoms. The lowest BCUT2D eigenvalue weighted by Crippen LogP contribution is -2.09. The van der Waals surface area contributed by atoms with Crippen molar-refractivity contribution in [2.75, 3.05) is 18.6 Å². The van der Waals surface area contributed by atoms with Gasteiger partial charge in [-0.15, -0.1) is 0 Å². The van der Waals surface area contributed by atoms with E-state index >= 15 is 0 Å². The van der Waals surface area contributed by atoms with Gasteiger partial charge in [0, 0.05) is 12.1 Å². The second-order valence-corrected chi connectivity index (χ2v) is 5.85. The summed E-state index contributed by atoms with van der Waals surface area (Å²) in [5.74, 6) is 1.13. The molecule has 1 N–H and O–H groups in total. The van der Waals surface area contributed by atoms with Crippen molar-refractivity contribution in [3.63, 3.8) is 0 Å². The van der Waals surface area contributed by atoms with Crippen molar-refractivity contribution in [3.8, 4) is 11.4 Å². The smallest absolute Gasteiger partial charge is 0.226 e. The number of nitrogens with one attached hydrogen (secondary N) is 1. The van der Waals surface area contributed by atoms with E-state index in [1.54, 1.807) is 28.9 Å². The summed E-state index contributed by atoms with van der Waals surface area (Å²) in [5.41, 5.74) is 1.50. The van der Waals surface area contributed by atoms with Gasteiger partial charge in [0.25, 0.3) is 0 Å². The van der Waals surface area contributed by atoms with E-state index in [2.05, 4.69) is 15.4 Å². The first-order valence-corrected chi connectivity index (χ1v) is 8.31. The number of aromatic nitrogens is 3. The van der Waals surface area contributed by atoms with Gasteiger partial charge in [-0.3, -0.25) is 0 Å². The summed E-state index contributed by atoms with van der Waals surface area (Å²) < 4.78 is 19.3. The molecule has 0 spiro atoms. The molecule has 0 aliphatic heterocycles. The molecular formula is C17H15Cl2FN4O. The number of hydrogen-bond donors (Lipinski definition) is 1. The van der Waals surface area contributed by atoms with Crippen LogP contribution in [0.4, 0.5) is 10.3 Å². The van der Waals surface area contributed by atoms with Gasteiger partial charge in [-0.05, 0) is 18.2 Å². The first kappa shape index (κ1) is 17.5. The van der Waals surface area contributed by atoms with Crippen LogP contribution in [0.2, 0.25) is 10.0 Å². The molecule has 0 bridgehead atoms. The van der Waals surface area contributed by atoms with Gasteiger partial charge < -0.3 is 10.1 Å². The summed E-state index contributed by atoms with van der Waals surface area (Å²) in [7, 11) is 0. The minimum Gasteiger partial charge on any atom is -0.491 e. The molecule has 0 radical (unpaired) electrons. The number of benzene rings is 2. The highest BCUT2D eigenvalue weighted by Gasteiger charge is 2.12. The van der Waals surface area contributed by atoms with Crippen LogP contribution in [0.25, 0.3) is 5.69 Å². The van der Waals surface area contributed by atoms with Gasteiger partial charge in [0.1, 0.15) is 25.4 Å². The second kappa shape index (κ2) is 8.18. The summed E-state index contributed by atoms with van der Waals surface area (Å²) in [5, 5.41) is 8.21. The summed E-state index contributed by atoms with van der Waals surface area (Å²) >= 11 is 12.3. The molecule has 0 saturated heterocycles. The van der Waals surface area contributed by atoms with Gasteiger partial charge in [-0.1, -0.05) is 47.5 Å². The molecule has 3 rings (SSSR count). The highest BCUT2D eigenvalue weighted by molar-refractivity contribution is 6.43.